The summed E-state index contributed by atoms with van der Waals surface area (Å²) in [4.78, 5) is 20.4. The van der Waals surface area contributed by atoms with Gasteiger partial charge in [0.2, 0.25) is 5.91 Å². The molecule has 2 aromatic rings. The van der Waals surface area contributed by atoms with Gasteiger partial charge in [0.05, 0.1) is 12.1 Å². The number of halogens is 3. The Labute approximate surface area is 184 Å². The number of anilines is 2. The first kappa shape index (κ1) is 23.4. The zero-order valence-electron chi connectivity index (χ0n) is 17.8. The van der Waals surface area contributed by atoms with Gasteiger partial charge in [-0.1, -0.05) is 18.2 Å². The lowest BCUT2D eigenvalue weighted by Gasteiger charge is -2.24. The predicted molar refractivity (Wildman–Crippen MR) is 119 cm³/mol. The lowest BCUT2D eigenvalue weighted by molar-refractivity contribution is -0.137. The fourth-order valence-corrected chi connectivity index (χ4v) is 3.39. The monoisotopic (exact) mass is 448 g/mol. The first-order valence-corrected chi connectivity index (χ1v) is 10.5. The molecular formula is C22H27F3N6O. The molecule has 1 atom stereocenters. The van der Waals surface area contributed by atoms with Crippen LogP contribution < -0.4 is 21.3 Å². The van der Waals surface area contributed by atoms with Gasteiger partial charge >= 0.3 is 6.18 Å². The summed E-state index contributed by atoms with van der Waals surface area (Å²) in [5.74, 6) is 1.06. The predicted octanol–water partition coefficient (Wildman–Crippen LogP) is 3.58. The Morgan fingerprint density at radius 3 is 2.72 bits per heavy atom. The second-order valence-electron chi connectivity index (χ2n) is 7.39. The van der Waals surface area contributed by atoms with Crippen LogP contribution in [-0.4, -0.2) is 43.0 Å². The normalized spacial score (nSPS) is 16.2. The number of benzene rings is 1. The molecule has 1 aliphatic heterocycles. The third kappa shape index (κ3) is 6.60. The topological polar surface area (TPSA) is 90.4 Å². The van der Waals surface area contributed by atoms with Crippen molar-refractivity contribution in [3.8, 4) is 0 Å². The maximum Gasteiger partial charge on any atom is 0.417 e. The fourth-order valence-electron chi connectivity index (χ4n) is 3.39. The number of para-hydroxylation sites is 1. The van der Waals surface area contributed by atoms with Gasteiger partial charge in [0, 0.05) is 43.9 Å². The number of carbonyl (C=O) groups is 1. The lowest BCUT2D eigenvalue weighted by atomic mass is 9.91. The molecule has 1 aromatic carbocycles. The summed E-state index contributed by atoms with van der Waals surface area (Å²) in [6.07, 6.45) is -2.47. The number of hydrogen-bond donors (Lipinski definition) is 4. The number of aromatic nitrogens is 1. The Morgan fingerprint density at radius 1 is 1.19 bits per heavy atom. The van der Waals surface area contributed by atoms with Crippen molar-refractivity contribution in [1.82, 2.24) is 15.6 Å². The minimum atomic E-state index is -4.39. The summed E-state index contributed by atoms with van der Waals surface area (Å²) in [6.45, 7) is 4.30. The van der Waals surface area contributed by atoms with Gasteiger partial charge < -0.3 is 21.3 Å². The number of nitrogens with zero attached hydrogens (tertiary/aromatic N) is 2. The van der Waals surface area contributed by atoms with E-state index in [-0.39, 0.29) is 11.8 Å². The van der Waals surface area contributed by atoms with Crippen molar-refractivity contribution in [2.75, 3.05) is 36.8 Å². The van der Waals surface area contributed by atoms with E-state index in [1.54, 1.807) is 0 Å². The molecule has 0 saturated carbocycles. The molecule has 1 amide bonds. The Morgan fingerprint density at radius 2 is 2.00 bits per heavy atom. The maximum absolute atomic E-state index is 12.6. The summed E-state index contributed by atoms with van der Waals surface area (Å²) < 4.78 is 37.7. The molecule has 3 rings (SSSR count). The van der Waals surface area contributed by atoms with Crippen molar-refractivity contribution >= 4 is 23.4 Å². The molecule has 10 heteroatoms. The van der Waals surface area contributed by atoms with Crippen LogP contribution in [0, 0.1) is 0 Å². The molecule has 7 nitrogen and oxygen atoms in total. The van der Waals surface area contributed by atoms with Crippen LogP contribution in [-0.2, 0) is 11.0 Å². The van der Waals surface area contributed by atoms with Crippen molar-refractivity contribution in [1.29, 1.82) is 0 Å². The van der Waals surface area contributed by atoms with E-state index in [0.29, 0.717) is 50.8 Å². The molecular weight excluding hydrogens is 421 g/mol. The van der Waals surface area contributed by atoms with Crippen molar-refractivity contribution in [2.45, 2.75) is 31.9 Å². The van der Waals surface area contributed by atoms with E-state index >= 15 is 0 Å². The molecule has 0 saturated heterocycles. The third-order valence-corrected chi connectivity index (χ3v) is 4.96. The minimum absolute atomic E-state index is 0.00944. The maximum atomic E-state index is 12.6. The second-order valence-corrected chi connectivity index (χ2v) is 7.39. The highest BCUT2D eigenvalue weighted by Crippen LogP contribution is 2.32. The summed E-state index contributed by atoms with van der Waals surface area (Å²) in [5.41, 5.74) is 1.15. The van der Waals surface area contributed by atoms with Gasteiger partial charge in [-0.3, -0.25) is 9.79 Å². The highest BCUT2D eigenvalue weighted by molar-refractivity contribution is 5.94. The Hall–Kier alpha value is -3.30. The molecule has 1 aliphatic rings. The molecule has 2 heterocycles. The van der Waals surface area contributed by atoms with E-state index in [1.165, 1.54) is 6.07 Å². The van der Waals surface area contributed by atoms with Crippen LogP contribution >= 0.6 is 0 Å². The first-order valence-electron chi connectivity index (χ1n) is 10.5. The summed E-state index contributed by atoms with van der Waals surface area (Å²) in [7, 11) is 0. The van der Waals surface area contributed by atoms with Crippen molar-refractivity contribution in [2.24, 2.45) is 4.99 Å². The number of aliphatic imine (C=N–C) groups is 1. The van der Waals surface area contributed by atoms with Crippen molar-refractivity contribution in [3.63, 3.8) is 0 Å². The van der Waals surface area contributed by atoms with E-state index in [1.807, 2.05) is 31.2 Å². The van der Waals surface area contributed by atoms with Crippen LogP contribution in [0.3, 0.4) is 0 Å². The van der Waals surface area contributed by atoms with Crippen LogP contribution in [0.1, 0.15) is 36.8 Å². The molecule has 1 unspecified atom stereocenters. The van der Waals surface area contributed by atoms with Gasteiger partial charge in [-0.2, -0.15) is 13.2 Å². The Kier molecular flexibility index (Phi) is 7.91. The largest absolute Gasteiger partial charge is 0.417 e. The Balaban J connectivity index is 1.46. The number of fused-ring (bicyclic) bond motifs is 1. The molecule has 0 aliphatic carbocycles. The highest BCUT2D eigenvalue weighted by atomic mass is 19.4. The molecule has 32 heavy (non-hydrogen) atoms. The number of nitrogens with one attached hydrogen (secondary N) is 4. The van der Waals surface area contributed by atoms with Gasteiger partial charge in [0.25, 0.3) is 0 Å². The molecule has 0 bridgehead atoms. The van der Waals surface area contributed by atoms with Gasteiger partial charge in [0.15, 0.2) is 5.96 Å². The fraction of sp³-hybridized carbons (Fsp3) is 0.409. The standard InChI is InChI=1S/C22H27F3N6O/c1-2-26-21(30-13-15-12-20(32)31-18-7-4-3-6-17(15)18)28-11-5-10-27-19-9-8-16(14-29-19)22(23,24)25/h3-4,6-9,14-15H,2,5,10-13H2,1H3,(H,27,29)(H,31,32)(H2,26,28,30). The van der Waals surface area contributed by atoms with E-state index < -0.39 is 11.7 Å². The number of rotatable bonds is 8. The summed E-state index contributed by atoms with van der Waals surface area (Å²) >= 11 is 0. The van der Waals surface area contributed by atoms with E-state index in [2.05, 4.69) is 31.2 Å². The number of carbonyl (C=O) groups excluding carboxylic acids is 1. The number of amides is 1. The van der Waals surface area contributed by atoms with E-state index in [9.17, 15) is 18.0 Å². The number of guanidine groups is 1. The van der Waals surface area contributed by atoms with Gasteiger partial charge in [-0.25, -0.2) is 4.98 Å². The average Bonchev–Trinajstić information content (AvgIpc) is 2.76. The SMILES string of the molecule is CCNC(=NCC1CC(=O)Nc2ccccc21)NCCCNc1ccc(C(F)(F)F)cn1. The van der Waals surface area contributed by atoms with E-state index in [0.717, 1.165) is 23.5 Å². The van der Waals surface area contributed by atoms with Crippen molar-refractivity contribution < 1.29 is 18.0 Å². The zero-order valence-corrected chi connectivity index (χ0v) is 17.8. The molecule has 1 aromatic heterocycles. The van der Waals surface area contributed by atoms with Crippen molar-refractivity contribution in [3.05, 3.63) is 53.7 Å². The van der Waals surface area contributed by atoms with Crippen LogP contribution in [0.4, 0.5) is 24.7 Å². The molecule has 172 valence electrons. The first-order chi connectivity index (χ1) is 15.4. The zero-order chi connectivity index (χ0) is 23.0. The smallest absolute Gasteiger partial charge is 0.370 e. The number of alkyl halides is 3. The van der Waals surface area contributed by atoms with Crippen LogP contribution in [0.25, 0.3) is 0 Å². The van der Waals surface area contributed by atoms with Gasteiger partial charge in [-0.15, -0.1) is 0 Å². The average molecular weight is 448 g/mol. The van der Waals surface area contributed by atoms with Crippen LogP contribution in [0.15, 0.2) is 47.6 Å². The van der Waals surface area contributed by atoms with E-state index in [4.69, 9.17) is 0 Å². The molecule has 0 fully saturated rings. The lowest BCUT2D eigenvalue weighted by Crippen LogP contribution is -2.38. The highest BCUT2D eigenvalue weighted by Gasteiger charge is 2.30. The van der Waals surface area contributed by atoms with Gasteiger partial charge in [-0.05, 0) is 37.1 Å². The quantitative estimate of drug-likeness (QED) is 0.282. The van der Waals surface area contributed by atoms with Crippen LogP contribution in [0.5, 0.6) is 0 Å². The van der Waals surface area contributed by atoms with Gasteiger partial charge in [0.1, 0.15) is 5.82 Å². The van der Waals surface area contributed by atoms with Crippen LogP contribution in [0.2, 0.25) is 0 Å². The number of pyridine rings is 1. The summed E-state index contributed by atoms with van der Waals surface area (Å²) in [5, 5.41) is 12.3. The second kappa shape index (κ2) is 10.8. The molecule has 4 N–H and O–H groups in total. The summed E-state index contributed by atoms with van der Waals surface area (Å²) in [6, 6.07) is 10.1. The number of hydrogen-bond acceptors (Lipinski definition) is 4. The minimum Gasteiger partial charge on any atom is -0.370 e. The Bertz CT molecular complexity index is 930. The molecule has 0 radical (unpaired) electrons. The third-order valence-electron chi connectivity index (χ3n) is 4.96. The molecule has 0 spiro atoms.